The first kappa shape index (κ1) is 19.5. The largest absolute Gasteiger partial charge is 0.493 e. The molecule has 2 heterocycles. The van der Waals surface area contributed by atoms with E-state index < -0.39 is 0 Å². The van der Waals surface area contributed by atoms with Crippen molar-refractivity contribution in [3.8, 4) is 22.9 Å². The molecule has 0 spiro atoms. The molecule has 0 radical (unpaired) electrons. The van der Waals surface area contributed by atoms with E-state index in [1.807, 2.05) is 42.5 Å². The molecule has 1 aliphatic heterocycles. The molecule has 0 aliphatic carbocycles. The van der Waals surface area contributed by atoms with Crippen molar-refractivity contribution in [3.63, 3.8) is 0 Å². The van der Waals surface area contributed by atoms with Crippen molar-refractivity contribution in [1.82, 2.24) is 14.9 Å². The van der Waals surface area contributed by atoms with Crippen LogP contribution in [0.25, 0.3) is 11.4 Å². The number of ether oxygens (including phenoxy) is 2. The molecule has 0 atom stereocenters. The molecule has 0 saturated carbocycles. The topological polar surface area (TPSA) is 67.5 Å². The van der Waals surface area contributed by atoms with Crippen LogP contribution in [0.1, 0.15) is 16.8 Å². The van der Waals surface area contributed by atoms with Crippen molar-refractivity contribution in [2.45, 2.75) is 19.5 Å². The molecule has 0 saturated heterocycles. The predicted molar refractivity (Wildman–Crippen MR) is 113 cm³/mol. The van der Waals surface area contributed by atoms with Gasteiger partial charge in [-0.25, -0.2) is 4.98 Å². The molecule has 0 bridgehead atoms. The fraction of sp³-hybridized carbons (Fsp3) is 0.273. The summed E-state index contributed by atoms with van der Waals surface area (Å²) in [4.78, 5) is 22.5. The third-order valence-corrected chi connectivity index (χ3v) is 5.57. The van der Waals surface area contributed by atoms with Gasteiger partial charge in [0.05, 0.1) is 24.9 Å². The van der Waals surface area contributed by atoms with Gasteiger partial charge in [0.2, 0.25) is 0 Å². The molecule has 29 heavy (non-hydrogen) atoms. The van der Waals surface area contributed by atoms with Crippen molar-refractivity contribution >= 4 is 11.6 Å². The lowest BCUT2D eigenvalue weighted by atomic mass is 10.0. The molecule has 6 nitrogen and oxygen atoms in total. The smallest absolute Gasteiger partial charge is 0.254 e. The molecule has 1 aromatic heterocycles. The second kappa shape index (κ2) is 8.27. The zero-order valence-corrected chi connectivity index (χ0v) is 17.1. The summed E-state index contributed by atoms with van der Waals surface area (Å²) in [6, 6.07) is 13.5. The molecule has 0 amide bonds. The van der Waals surface area contributed by atoms with Crippen LogP contribution in [0.3, 0.4) is 0 Å². The highest BCUT2D eigenvalue weighted by molar-refractivity contribution is 6.33. The van der Waals surface area contributed by atoms with E-state index in [0.717, 1.165) is 28.9 Å². The fourth-order valence-electron chi connectivity index (χ4n) is 3.65. The summed E-state index contributed by atoms with van der Waals surface area (Å²) >= 11 is 6.54. The number of aromatic amines is 1. The van der Waals surface area contributed by atoms with Crippen LogP contribution in [0.4, 0.5) is 0 Å². The van der Waals surface area contributed by atoms with Gasteiger partial charge in [0.1, 0.15) is 5.82 Å². The first-order valence-electron chi connectivity index (χ1n) is 9.40. The minimum Gasteiger partial charge on any atom is -0.493 e. The van der Waals surface area contributed by atoms with Gasteiger partial charge in [-0.15, -0.1) is 0 Å². The van der Waals surface area contributed by atoms with Gasteiger partial charge in [0.15, 0.2) is 11.5 Å². The van der Waals surface area contributed by atoms with E-state index in [2.05, 4.69) is 9.88 Å². The number of halogens is 1. The summed E-state index contributed by atoms with van der Waals surface area (Å²) in [5.74, 6) is 1.73. The van der Waals surface area contributed by atoms with E-state index in [-0.39, 0.29) is 5.56 Å². The van der Waals surface area contributed by atoms with Crippen LogP contribution in [-0.2, 0) is 19.5 Å². The molecule has 150 valence electrons. The third kappa shape index (κ3) is 3.86. The van der Waals surface area contributed by atoms with Gasteiger partial charge in [-0.05, 0) is 18.1 Å². The molecule has 0 fully saturated rings. The highest BCUT2D eigenvalue weighted by atomic mass is 35.5. The summed E-state index contributed by atoms with van der Waals surface area (Å²) in [5, 5.41) is 0.543. The fourth-order valence-corrected chi connectivity index (χ4v) is 3.95. The highest BCUT2D eigenvalue weighted by Gasteiger charge is 2.23. The Morgan fingerprint density at radius 3 is 2.66 bits per heavy atom. The quantitative estimate of drug-likeness (QED) is 0.693. The average molecular weight is 412 g/mol. The van der Waals surface area contributed by atoms with E-state index in [4.69, 9.17) is 26.1 Å². The third-order valence-electron chi connectivity index (χ3n) is 5.16. The van der Waals surface area contributed by atoms with Gasteiger partial charge in [0, 0.05) is 30.8 Å². The van der Waals surface area contributed by atoms with Crippen LogP contribution in [0.2, 0.25) is 5.02 Å². The monoisotopic (exact) mass is 411 g/mol. The van der Waals surface area contributed by atoms with Gasteiger partial charge in [-0.1, -0.05) is 48.0 Å². The Balaban J connectivity index is 1.61. The Kier molecular flexibility index (Phi) is 5.56. The van der Waals surface area contributed by atoms with Crippen molar-refractivity contribution in [2.75, 3.05) is 20.8 Å². The van der Waals surface area contributed by atoms with Gasteiger partial charge in [-0.3, -0.25) is 9.69 Å². The van der Waals surface area contributed by atoms with Crippen molar-refractivity contribution in [2.24, 2.45) is 0 Å². The molecule has 1 N–H and O–H groups in total. The average Bonchev–Trinajstić information content (AvgIpc) is 2.75. The van der Waals surface area contributed by atoms with E-state index in [1.54, 1.807) is 14.2 Å². The maximum Gasteiger partial charge on any atom is 0.254 e. The van der Waals surface area contributed by atoms with Crippen molar-refractivity contribution < 1.29 is 9.47 Å². The number of benzene rings is 2. The minimum atomic E-state index is -0.0577. The first-order chi connectivity index (χ1) is 14.1. The Morgan fingerprint density at radius 1 is 1.14 bits per heavy atom. The van der Waals surface area contributed by atoms with Crippen molar-refractivity contribution in [3.05, 3.63) is 74.7 Å². The van der Waals surface area contributed by atoms with E-state index in [0.29, 0.717) is 41.9 Å². The zero-order chi connectivity index (χ0) is 20.4. The van der Waals surface area contributed by atoms with E-state index in [1.165, 1.54) is 0 Å². The molecule has 7 heteroatoms. The lowest BCUT2D eigenvalue weighted by Gasteiger charge is -2.28. The molecule has 1 aliphatic rings. The maximum atomic E-state index is 12.6. The van der Waals surface area contributed by atoms with E-state index in [9.17, 15) is 4.79 Å². The van der Waals surface area contributed by atoms with Crippen LogP contribution in [-0.4, -0.2) is 35.6 Å². The number of methoxy groups -OCH3 is 2. The summed E-state index contributed by atoms with van der Waals surface area (Å²) in [7, 11) is 3.16. The van der Waals surface area contributed by atoms with Crippen molar-refractivity contribution in [1.29, 1.82) is 0 Å². The van der Waals surface area contributed by atoms with Crippen LogP contribution in [0, 0.1) is 0 Å². The summed E-state index contributed by atoms with van der Waals surface area (Å²) in [5.41, 5.74) is 3.36. The number of fused-ring (bicyclic) bond motifs is 1. The number of nitrogens with one attached hydrogen (secondary N) is 1. The number of H-pyrrole nitrogens is 1. The molecule has 3 aromatic rings. The standard InChI is InChI=1S/C22H22ClN3O3/c1-28-18-9-8-15(19(23)20(18)29-2)12-26-11-10-16-17(13-26)24-21(25-22(16)27)14-6-4-3-5-7-14/h3-9H,10-13H2,1-2H3,(H,24,25,27). The van der Waals surface area contributed by atoms with Gasteiger partial charge in [-0.2, -0.15) is 0 Å². The highest BCUT2D eigenvalue weighted by Crippen LogP contribution is 2.38. The Hall–Kier alpha value is -2.83. The maximum absolute atomic E-state index is 12.6. The first-order valence-corrected chi connectivity index (χ1v) is 9.77. The number of hydrogen-bond acceptors (Lipinski definition) is 5. The lowest BCUT2D eigenvalue weighted by molar-refractivity contribution is 0.240. The van der Waals surface area contributed by atoms with Gasteiger partial charge >= 0.3 is 0 Å². The van der Waals surface area contributed by atoms with Gasteiger partial charge in [0.25, 0.3) is 5.56 Å². The predicted octanol–water partition coefficient (Wildman–Crippen LogP) is 3.67. The van der Waals surface area contributed by atoms with Crippen LogP contribution in [0.5, 0.6) is 11.5 Å². The zero-order valence-electron chi connectivity index (χ0n) is 16.4. The Labute approximate surface area is 174 Å². The molecule has 0 unspecified atom stereocenters. The van der Waals surface area contributed by atoms with E-state index >= 15 is 0 Å². The summed E-state index contributed by atoms with van der Waals surface area (Å²) in [6.07, 6.45) is 0.650. The molecular formula is C22H22ClN3O3. The minimum absolute atomic E-state index is 0.0577. The van der Waals surface area contributed by atoms with Crippen LogP contribution in [0.15, 0.2) is 47.3 Å². The number of aromatic nitrogens is 2. The Morgan fingerprint density at radius 2 is 1.93 bits per heavy atom. The SMILES string of the molecule is COc1ccc(CN2CCc3c(nc(-c4ccccc4)[nH]c3=O)C2)c(Cl)c1OC. The van der Waals surface area contributed by atoms with Crippen LogP contribution >= 0.6 is 11.6 Å². The summed E-state index contributed by atoms with van der Waals surface area (Å²) < 4.78 is 10.7. The Bertz CT molecular complexity index is 1080. The van der Waals surface area contributed by atoms with Gasteiger partial charge < -0.3 is 14.5 Å². The number of rotatable bonds is 5. The molecular weight excluding hydrogens is 390 g/mol. The summed E-state index contributed by atoms with van der Waals surface area (Å²) in [6.45, 7) is 1.98. The second-order valence-corrected chi connectivity index (χ2v) is 7.32. The lowest BCUT2D eigenvalue weighted by Crippen LogP contribution is -2.35. The second-order valence-electron chi connectivity index (χ2n) is 6.94. The normalized spacial score (nSPS) is 13.8. The van der Waals surface area contributed by atoms with Crippen LogP contribution < -0.4 is 15.0 Å². The molecule has 4 rings (SSSR count). The number of hydrogen-bond donors (Lipinski definition) is 1. The number of nitrogens with zero attached hydrogens (tertiary/aromatic N) is 2. The molecule has 2 aromatic carbocycles.